The molecule has 0 spiro atoms. The van der Waals surface area contributed by atoms with E-state index in [1.807, 2.05) is 0 Å². The van der Waals surface area contributed by atoms with Gasteiger partial charge in [0.1, 0.15) is 0 Å². The van der Waals surface area contributed by atoms with Crippen molar-refractivity contribution in [3.05, 3.63) is 0 Å². The normalized spacial score (nSPS) is 18.7. The second kappa shape index (κ2) is 2.46. The summed E-state index contributed by atoms with van der Waals surface area (Å²) in [6.07, 6.45) is 0. The summed E-state index contributed by atoms with van der Waals surface area (Å²) in [7, 11) is -3.17. The standard InChI is InChI=1S/C3H9O3P/c1-3-6-7(2,4)5/h3H2,1-2H3,(H,4,5). The maximum absolute atomic E-state index is 10.1. The van der Waals surface area contributed by atoms with Crippen LogP contribution in [-0.4, -0.2) is 18.2 Å². The monoisotopic (exact) mass is 124 g/mol. The molecule has 0 bridgehead atoms. The molecule has 0 saturated heterocycles. The molecule has 0 fully saturated rings. The molecule has 7 heavy (non-hydrogen) atoms. The first-order valence-electron chi connectivity index (χ1n) is 2.01. The number of hydrogen-bond donors (Lipinski definition) is 1. The fraction of sp³-hybridized carbons (Fsp3) is 1.00. The van der Waals surface area contributed by atoms with Crippen molar-refractivity contribution in [2.24, 2.45) is 0 Å². The molecule has 0 aliphatic carbocycles. The van der Waals surface area contributed by atoms with Crippen LogP contribution in [-0.2, 0) is 9.09 Å². The van der Waals surface area contributed by atoms with Crippen molar-refractivity contribution in [2.75, 3.05) is 13.3 Å². The van der Waals surface area contributed by atoms with Crippen molar-refractivity contribution in [1.82, 2.24) is 0 Å². The summed E-state index contributed by atoms with van der Waals surface area (Å²) >= 11 is 0. The van der Waals surface area contributed by atoms with Crippen LogP contribution in [0.3, 0.4) is 0 Å². The van der Waals surface area contributed by atoms with Crippen molar-refractivity contribution in [1.29, 1.82) is 0 Å². The minimum atomic E-state index is -3.17. The molecule has 0 radical (unpaired) electrons. The molecule has 0 amide bonds. The van der Waals surface area contributed by atoms with Gasteiger partial charge in [-0.2, -0.15) is 0 Å². The number of hydrogen-bond acceptors (Lipinski definition) is 2. The van der Waals surface area contributed by atoms with E-state index < -0.39 is 7.60 Å². The molecule has 0 heterocycles. The largest absolute Gasteiger partial charge is 0.325 e. The van der Waals surface area contributed by atoms with E-state index in [1.165, 1.54) is 0 Å². The predicted octanol–water partition coefficient (Wildman–Crippen LogP) is 0.838. The summed E-state index contributed by atoms with van der Waals surface area (Å²) < 4.78 is 14.5. The SMILES string of the molecule is CCOP(C)(=O)O. The maximum Gasteiger partial charge on any atom is 0.325 e. The topological polar surface area (TPSA) is 46.5 Å². The van der Waals surface area contributed by atoms with E-state index >= 15 is 0 Å². The van der Waals surface area contributed by atoms with Gasteiger partial charge in [0.25, 0.3) is 0 Å². The van der Waals surface area contributed by atoms with Gasteiger partial charge in [0, 0.05) is 6.66 Å². The molecule has 0 saturated carbocycles. The molecule has 0 aromatic heterocycles. The Morgan fingerprint density at radius 2 is 2.29 bits per heavy atom. The molecule has 3 nitrogen and oxygen atoms in total. The molecular formula is C3H9O3P. The Morgan fingerprint density at radius 3 is 2.29 bits per heavy atom. The van der Waals surface area contributed by atoms with Gasteiger partial charge in [0.05, 0.1) is 6.61 Å². The third-order valence-corrected chi connectivity index (χ3v) is 1.11. The predicted molar refractivity (Wildman–Crippen MR) is 27.4 cm³/mol. The lowest BCUT2D eigenvalue weighted by Gasteiger charge is -2.00. The Kier molecular flexibility index (Phi) is 2.51. The highest BCUT2D eigenvalue weighted by Crippen LogP contribution is 2.35. The summed E-state index contributed by atoms with van der Waals surface area (Å²) in [4.78, 5) is 8.35. The van der Waals surface area contributed by atoms with Crippen molar-refractivity contribution in [3.63, 3.8) is 0 Å². The van der Waals surface area contributed by atoms with Gasteiger partial charge in [-0.15, -0.1) is 0 Å². The lowest BCUT2D eigenvalue weighted by Crippen LogP contribution is -1.83. The lowest BCUT2D eigenvalue weighted by molar-refractivity contribution is 0.279. The van der Waals surface area contributed by atoms with E-state index in [0.29, 0.717) is 6.61 Å². The molecule has 0 aromatic rings. The highest BCUT2D eigenvalue weighted by molar-refractivity contribution is 7.51. The van der Waals surface area contributed by atoms with Gasteiger partial charge in [0.15, 0.2) is 0 Å². The summed E-state index contributed by atoms with van der Waals surface area (Å²) in [5, 5.41) is 0. The van der Waals surface area contributed by atoms with E-state index in [2.05, 4.69) is 4.52 Å². The van der Waals surface area contributed by atoms with E-state index in [1.54, 1.807) is 6.92 Å². The Balaban J connectivity index is 3.36. The van der Waals surface area contributed by atoms with Gasteiger partial charge in [-0.05, 0) is 6.92 Å². The zero-order chi connectivity index (χ0) is 5.91. The zero-order valence-corrected chi connectivity index (χ0v) is 5.31. The molecule has 44 valence electrons. The Labute approximate surface area is 42.8 Å². The van der Waals surface area contributed by atoms with E-state index in [-0.39, 0.29) is 0 Å². The van der Waals surface area contributed by atoms with Crippen molar-refractivity contribution in [3.8, 4) is 0 Å². The van der Waals surface area contributed by atoms with Crippen LogP contribution in [0.15, 0.2) is 0 Å². The average molecular weight is 124 g/mol. The van der Waals surface area contributed by atoms with Gasteiger partial charge in [-0.25, -0.2) is 0 Å². The fourth-order valence-corrected chi connectivity index (χ4v) is 0.719. The summed E-state index contributed by atoms with van der Waals surface area (Å²) in [5.74, 6) is 0. The van der Waals surface area contributed by atoms with Crippen LogP contribution in [0, 0.1) is 0 Å². The van der Waals surface area contributed by atoms with Crippen molar-refractivity contribution < 1.29 is 14.0 Å². The van der Waals surface area contributed by atoms with Gasteiger partial charge < -0.3 is 9.42 Å². The average Bonchev–Trinajstić information content (AvgIpc) is 1.30. The molecule has 1 unspecified atom stereocenters. The maximum atomic E-state index is 10.1. The van der Waals surface area contributed by atoms with Crippen LogP contribution in [0.4, 0.5) is 0 Å². The fourth-order valence-electron chi connectivity index (χ4n) is 0.240. The second-order valence-corrected chi connectivity index (χ2v) is 3.08. The summed E-state index contributed by atoms with van der Waals surface area (Å²) in [6.45, 7) is 3.13. The van der Waals surface area contributed by atoms with Gasteiger partial charge >= 0.3 is 7.60 Å². The first-order chi connectivity index (χ1) is 3.06. The molecule has 1 N–H and O–H groups in total. The Morgan fingerprint density at radius 1 is 1.86 bits per heavy atom. The highest BCUT2D eigenvalue weighted by Gasteiger charge is 2.05. The summed E-state index contributed by atoms with van der Waals surface area (Å²) in [5.41, 5.74) is 0. The molecule has 1 atom stereocenters. The molecule has 4 heteroatoms. The minimum absolute atomic E-state index is 0.296. The molecule has 0 aromatic carbocycles. The third kappa shape index (κ3) is 6.15. The molecule has 0 rings (SSSR count). The van der Waals surface area contributed by atoms with Gasteiger partial charge in [0.2, 0.25) is 0 Å². The molecule has 0 aliphatic heterocycles. The highest BCUT2D eigenvalue weighted by atomic mass is 31.2. The second-order valence-electron chi connectivity index (χ2n) is 1.22. The summed E-state index contributed by atoms with van der Waals surface area (Å²) in [6, 6.07) is 0. The van der Waals surface area contributed by atoms with Gasteiger partial charge in [-0.1, -0.05) is 0 Å². The van der Waals surface area contributed by atoms with Crippen LogP contribution in [0.25, 0.3) is 0 Å². The molecule has 0 aliphatic rings. The van der Waals surface area contributed by atoms with E-state index in [4.69, 9.17) is 4.89 Å². The van der Waals surface area contributed by atoms with Gasteiger partial charge in [-0.3, -0.25) is 4.57 Å². The van der Waals surface area contributed by atoms with E-state index in [0.717, 1.165) is 6.66 Å². The molecular weight excluding hydrogens is 115 g/mol. The van der Waals surface area contributed by atoms with Crippen LogP contribution in [0.5, 0.6) is 0 Å². The minimum Gasteiger partial charge on any atom is -0.324 e. The zero-order valence-electron chi connectivity index (χ0n) is 4.42. The van der Waals surface area contributed by atoms with Crippen molar-refractivity contribution >= 4 is 7.60 Å². The van der Waals surface area contributed by atoms with E-state index in [9.17, 15) is 4.57 Å². The van der Waals surface area contributed by atoms with Crippen LogP contribution in [0.1, 0.15) is 6.92 Å². The smallest absolute Gasteiger partial charge is 0.324 e. The first kappa shape index (κ1) is 7.15. The Hall–Kier alpha value is 0.150. The van der Waals surface area contributed by atoms with Crippen LogP contribution >= 0.6 is 7.60 Å². The van der Waals surface area contributed by atoms with Crippen molar-refractivity contribution in [2.45, 2.75) is 6.92 Å². The Bertz CT molecular complexity index is 84.2. The van der Waals surface area contributed by atoms with Crippen LogP contribution in [0.2, 0.25) is 0 Å². The lowest BCUT2D eigenvalue weighted by atomic mass is 10.9. The first-order valence-corrected chi connectivity index (χ1v) is 4.03. The third-order valence-electron chi connectivity index (χ3n) is 0.369. The number of rotatable bonds is 2. The quantitative estimate of drug-likeness (QED) is 0.555. The van der Waals surface area contributed by atoms with Crippen LogP contribution < -0.4 is 0 Å².